The predicted octanol–water partition coefficient (Wildman–Crippen LogP) is 6.29. The average molecular weight is 603 g/mol. The Labute approximate surface area is 192 Å². The van der Waals surface area contributed by atoms with Crippen molar-refractivity contribution in [3.8, 4) is 0 Å². The van der Waals surface area contributed by atoms with Crippen molar-refractivity contribution in [1.29, 1.82) is 0 Å². The molecule has 0 saturated carbocycles. The third-order valence-electron chi connectivity index (χ3n) is 4.81. The summed E-state index contributed by atoms with van der Waals surface area (Å²) in [6.07, 6.45) is 2.30. The molecule has 3 rings (SSSR count). The molecule has 0 fully saturated rings. The first-order chi connectivity index (χ1) is 14.1. The fourth-order valence-corrected chi connectivity index (χ4v) is 5.43. The summed E-state index contributed by atoms with van der Waals surface area (Å²) in [6, 6.07) is 32.1. The van der Waals surface area contributed by atoms with E-state index in [0.29, 0.717) is 6.04 Å². The molecular formula is C25H27ClNPPt. The monoisotopic (exact) mass is 602 g/mol. The number of rotatable bonds is 6. The Kier molecular flexibility index (Phi) is 10.3. The molecule has 29 heavy (non-hydrogen) atoms. The number of hydrogen-bond acceptors (Lipinski definition) is 1. The molecule has 4 heteroatoms. The molecule has 0 unspecified atom stereocenters. The molecule has 0 aliphatic rings. The maximum absolute atomic E-state index is 4.61. The normalized spacial score (nSPS) is 12.5. The van der Waals surface area contributed by atoms with Gasteiger partial charge < -0.3 is 4.90 Å². The molecule has 0 bridgehead atoms. The Morgan fingerprint density at radius 1 is 0.897 bits per heavy atom. The minimum atomic E-state index is -0.542. The predicted molar refractivity (Wildman–Crippen MR) is 126 cm³/mol. The molecule has 0 heterocycles. The summed E-state index contributed by atoms with van der Waals surface area (Å²) in [6.45, 7) is 4.47. The zero-order valence-electron chi connectivity index (χ0n) is 17.2. The Hall–Kier alpha value is -1.23. The summed E-state index contributed by atoms with van der Waals surface area (Å²) in [5, 5.41) is 4.14. The van der Waals surface area contributed by atoms with Gasteiger partial charge in [-0.3, -0.25) is 0 Å². The number of halogens is 1. The summed E-state index contributed by atoms with van der Waals surface area (Å²) in [7, 11) is 8.28. The zero-order chi connectivity index (χ0) is 21.2. The Morgan fingerprint density at radius 3 is 1.90 bits per heavy atom. The van der Waals surface area contributed by atoms with Gasteiger partial charge in [0.1, 0.15) is 0 Å². The third kappa shape index (κ3) is 6.90. The molecule has 0 aromatic heterocycles. The van der Waals surface area contributed by atoms with Gasteiger partial charge in [0.15, 0.2) is 0 Å². The second-order valence-corrected chi connectivity index (χ2v) is 9.40. The molecule has 3 aromatic carbocycles. The molecule has 1 atom stereocenters. The third-order valence-corrected chi connectivity index (χ3v) is 7.27. The first-order valence-corrected chi connectivity index (χ1v) is 13.6. The molecule has 0 N–H and O–H groups in total. The van der Waals surface area contributed by atoms with E-state index in [1.54, 1.807) is 18.8 Å². The van der Waals surface area contributed by atoms with Gasteiger partial charge >= 0.3 is 28.2 Å². The zero-order valence-corrected chi connectivity index (χ0v) is 21.2. The minimum absolute atomic E-state index is 0.350. The van der Waals surface area contributed by atoms with Crippen molar-refractivity contribution in [1.82, 2.24) is 4.90 Å². The van der Waals surface area contributed by atoms with Gasteiger partial charge in [-0.05, 0) is 46.5 Å². The summed E-state index contributed by atoms with van der Waals surface area (Å²) in [4.78, 5) is 2.22. The number of benzene rings is 3. The van der Waals surface area contributed by atoms with Gasteiger partial charge in [0.2, 0.25) is 0 Å². The Morgan fingerprint density at radius 2 is 1.41 bits per heavy atom. The topological polar surface area (TPSA) is 3.24 Å². The van der Waals surface area contributed by atoms with Crippen molar-refractivity contribution in [2.45, 2.75) is 19.9 Å². The van der Waals surface area contributed by atoms with Gasteiger partial charge in [-0.2, -0.15) is 0 Å². The second-order valence-electron chi connectivity index (χ2n) is 6.99. The van der Waals surface area contributed by atoms with E-state index >= 15 is 0 Å². The Bertz CT molecular complexity index is 857. The molecule has 1 nitrogen and oxygen atoms in total. The van der Waals surface area contributed by atoms with Crippen molar-refractivity contribution in [3.63, 3.8) is 0 Å². The fourth-order valence-electron chi connectivity index (χ4n) is 3.11. The molecular weight excluding hydrogens is 576 g/mol. The van der Waals surface area contributed by atoms with E-state index in [2.05, 4.69) is 133 Å². The molecule has 0 aliphatic heterocycles. The van der Waals surface area contributed by atoms with Crippen LogP contribution in [0.5, 0.6) is 0 Å². The quantitative estimate of drug-likeness (QED) is 0.237. The van der Waals surface area contributed by atoms with Crippen molar-refractivity contribution in [3.05, 3.63) is 101 Å². The second kappa shape index (κ2) is 12.5. The maximum atomic E-state index is 4.61. The summed E-state index contributed by atoms with van der Waals surface area (Å²) >= 11 is 1.61. The van der Waals surface area contributed by atoms with E-state index < -0.39 is 7.92 Å². The van der Waals surface area contributed by atoms with Crippen LogP contribution in [-0.4, -0.2) is 19.0 Å². The van der Waals surface area contributed by atoms with E-state index in [-0.39, 0.29) is 0 Å². The number of nitrogens with zero attached hydrogens (tertiary/aromatic N) is 1. The molecule has 0 radical (unpaired) electrons. The number of allylic oxidation sites excluding steroid dienone is 1. The summed E-state index contributed by atoms with van der Waals surface area (Å²) in [5.41, 5.74) is 2.38. The van der Waals surface area contributed by atoms with Crippen molar-refractivity contribution < 1.29 is 18.8 Å². The van der Waals surface area contributed by atoms with E-state index in [9.17, 15) is 0 Å². The van der Waals surface area contributed by atoms with Crippen LogP contribution in [0.25, 0.3) is 6.08 Å². The van der Waals surface area contributed by atoms with E-state index in [1.165, 1.54) is 21.5 Å². The molecule has 154 valence electrons. The Balaban J connectivity index is 0.00000145. The van der Waals surface area contributed by atoms with Gasteiger partial charge in [-0.25, -0.2) is 0 Å². The van der Waals surface area contributed by atoms with Crippen LogP contribution in [0.2, 0.25) is 0 Å². The van der Waals surface area contributed by atoms with Crippen molar-refractivity contribution >= 4 is 34.0 Å². The fraction of sp³-hybridized carbons (Fsp3) is 0.200. The summed E-state index contributed by atoms with van der Waals surface area (Å²) < 4.78 is 0. The molecule has 0 aliphatic carbocycles. The van der Waals surface area contributed by atoms with Crippen molar-refractivity contribution in [2.24, 2.45) is 0 Å². The van der Waals surface area contributed by atoms with Crippen LogP contribution in [0.3, 0.4) is 0 Å². The SMILES string of the molecule is C/C(=C/c1[c-]c([C@H](C)N(C)C)ccc1)P(c1ccccc1)c1ccccc1.[Cl][Pt+]. The van der Waals surface area contributed by atoms with Gasteiger partial charge in [-0.15, -0.1) is 41.5 Å². The van der Waals surface area contributed by atoms with Crippen LogP contribution >= 0.6 is 17.3 Å². The van der Waals surface area contributed by atoms with E-state index in [1.807, 2.05) is 0 Å². The van der Waals surface area contributed by atoms with Crippen LogP contribution < -0.4 is 10.6 Å². The molecule has 3 aromatic rings. The van der Waals surface area contributed by atoms with Gasteiger partial charge in [0.05, 0.1) is 0 Å². The first kappa shape index (κ1) is 24.0. The van der Waals surface area contributed by atoms with Crippen LogP contribution in [0.1, 0.15) is 31.0 Å². The standard InChI is InChI=1S/C25H27NP.ClH.Pt/c1-20(18-22-12-11-13-23(19-22)21(2)26(3)4)27(24-14-7-5-8-15-24)25-16-9-6-10-17-25;;/h5-18,21H,1-4H3;1H;/q-1;;+2/p-1/b20-18-;;/t21-;;/m0../s1. The van der Waals surface area contributed by atoms with Crippen LogP contribution in [0.4, 0.5) is 0 Å². The molecule has 0 spiro atoms. The summed E-state index contributed by atoms with van der Waals surface area (Å²) in [5.74, 6) is 0. The first-order valence-electron chi connectivity index (χ1n) is 9.45. The van der Waals surface area contributed by atoms with Gasteiger partial charge in [0, 0.05) is 6.04 Å². The average Bonchev–Trinajstić information content (AvgIpc) is 2.76. The van der Waals surface area contributed by atoms with E-state index in [0.717, 1.165) is 5.56 Å². The van der Waals surface area contributed by atoms with Gasteiger partial charge in [-0.1, -0.05) is 66.0 Å². The molecule has 0 amide bonds. The van der Waals surface area contributed by atoms with Crippen LogP contribution in [0, 0.1) is 6.07 Å². The number of hydrogen-bond donors (Lipinski definition) is 0. The molecule has 0 saturated heterocycles. The van der Waals surface area contributed by atoms with Crippen LogP contribution in [0.15, 0.2) is 84.2 Å². The van der Waals surface area contributed by atoms with Crippen LogP contribution in [-0.2, 0) is 18.8 Å². The van der Waals surface area contributed by atoms with E-state index in [4.69, 9.17) is 0 Å². The van der Waals surface area contributed by atoms with Gasteiger partial charge in [0.25, 0.3) is 0 Å². The van der Waals surface area contributed by atoms with Crippen molar-refractivity contribution in [2.75, 3.05) is 14.1 Å².